The fourth-order valence-electron chi connectivity index (χ4n) is 2.73. The third-order valence-electron chi connectivity index (χ3n) is 4.20. The average Bonchev–Trinajstić information content (AvgIpc) is 3.26. The van der Waals surface area contributed by atoms with E-state index >= 15 is 0 Å². The number of halogens is 1. The first-order chi connectivity index (χ1) is 9.65. The zero-order valence-corrected chi connectivity index (χ0v) is 13.3. The van der Waals surface area contributed by atoms with Crippen molar-refractivity contribution in [3.63, 3.8) is 0 Å². The summed E-state index contributed by atoms with van der Waals surface area (Å²) in [7, 11) is 0. The van der Waals surface area contributed by atoms with Crippen molar-refractivity contribution in [2.75, 3.05) is 11.4 Å². The Bertz CT molecular complexity index is 464. The van der Waals surface area contributed by atoms with E-state index in [9.17, 15) is 0 Å². The largest absolute Gasteiger partial charge is 0.367 e. The summed E-state index contributed by atoms with van der Waals surface area (Å²) in [5, 5.41) is 4.44. The summed E-state index contributed by atoms with van der Waals surface area (Å²) >= 11 is 6.55. The molecule has 0 unspecified atom stereocenters. The summed E-state index contributed by atoms with van der Waals surface area (Å²) in [6.07, 6.45) is 5.45. The molecule has 0 aromatic heterocycles. The Balaban J connectivity index is 1.84. The predicted molar refractivity (Wildman–Crippen MR) is 86.5 cm³/mol. The molecule has 0 atom stereocenters. The molecule has 0 bridgehead atoms. The highest BCUT2D eigenvalue weighted by atomic mass is 35.5. The Morgan fingerprint density at radius 2 is 2.00 bits per heavy atom. The molecule has 2 saturated carbocycles. The van der Waals surface area contributed by atoms with E-state index in [1.165, 1.54) is 43.5 Å². The minimum atomic E-state index is 0.500. The summed E-state index contributed by atoms with van der Waals surface area (Å²) in [6.45, 7) is 6.48. The Hall–Kier alpha value is -0.730. The Kier molecular flexibility index (Phi) is 4.23. The van der Waals surface area contributed by atoms with Crippen LogP contribution < -0.4 is 10.2 Å². The monoisotopic (exact) mass is 292 g/mol. The summed E-state index contributed by atoms with van der Waals surface area (Å²) in [5.41, 5.74) is 2.63. The van der Waals surface area contributed by atoms with E-state index in [4.69, 9.17) is 11.6 Å². The van der Waals surface area contributed by atoms with E-state index in [1.54, 1.807) is 0 Å². The van der Waals surface area contributed by atoms with Crippen LogP contribution in [-0.2, 0) is 6.54 Å². The Labute approximate surface area is 127 Å². The molecule has 0 spiro atoms. The van der Waals surface area contributed by atoms with Crippen LogP contribution in [0.4, 0.5) is 5.69 Å². The molecule has 0 aliphatic heterocycles. The quantitative estimate of drug-likeness (QED) is 0.809. The fraction of sp³-hybridized carbons (Fsp3) is 0.647. The molecule has 0 radical (unpaired) electrons. The first-order valence-corrected chi connectivity index (χ1v) is 8.30. The molecule has 20 heavy (non-hydrogen) atoms. The molecular weight excluding hydrogens is 268 g/mol. The summed E-state index contributed by atoms with van der Waals surface area (Å²) in [5.74, 6) is 0.901. The highest BCUT2D eigenvalue weighted by molar-refractivity contribution is 6.33. The predicted octanol–water partition coefficient (Wildman–Crippen LogP) is 4.22. The van der Waals surface area contributed by atoms with Crippen LogP contribution in [-0.4, -0.2) is 18.6 Å². The third-order valence-corrected chi connectivity index (χ3v) is 4.50. The Morgan fingerprint density at radius 1 is 1.25 bits per heavy atom. The standard InChI is InChI=1S/C17H25ClN2/c1-12(2)19-10-14-4-3-5-16(18)17(14)20(15-8-9-15)11-13-6-7-13/h3-5,12-13,15,19H,6-11H2,1-2H3. The van der Waals surface area contributed by atoms with Crippen molar-refractivity contribution in [2.45, 2.75) is 58.2 Å². The maximum atomic E-state index is 6.55. The van der Waals surface area contributed by atoms with Gasteiger partial charge in [-0.3, -0.25) is 0 Å². The van der Waals surface area contributed by atoms with E-state index < -0.39 is 0 Å². The SMILES string of the molecule is CC(C)NCc1cccc(Cl)c1N(CC1CC1)C1CC1. The van der Waals surface area contributed by atoms with Crippen molar-refractivity contribution in [2.24, 2.45) is 5.92 Å². The molecule has 3 heteroatoms. The zero-order valence-electron chi connectivity index (χ0n) is 12.5. The minimum absolute atomic E-state index is 0.500. The van der Waals surface area contributed by atoms with Gasteiger partial charge in [0.1, 0.15) is 0 Å². The summed E-state index contributed by atoms with van der Waals surface area (Å²) in [4.78, 5) is 2.59. The molecule has 1 aromatic carbocycles. The van der Waals surface area contributed by atoms with Gasteiger partial charge < -0.3 is 10.2 Å². The van der Waals surface area contributed by atoms with Crippen molar-refractivity contribution in [1.82, 2.24) is 5.32 Å². The number of rotatable bonds is 7. The molecule has 3 rings (SSSR count). The van der Waals surface area contributed by atoms with Gasteiger partial charge in [-0.1, -0.05) is 37.6 Å². The summed E-state index contributed by atoms with van der Waals surface area (Å²) in [6, 6.07) is 7.57. The van der Waals surface area contributed by atoms with Crippen LogP contribution in [0.15, 0.2) is 18.2 Å². The molecule has 1 N–H and O–H groups in total. The van der Waals surface area contributed by atoms with Crippen molar-refractivity contribution in [3.8, 4) is 0 Å². The maximum absolute atomic E-state index is 6.55. The smallest absolute Gasteiger partial charge is 0.0643 e. The average molecular weight is 293 g/mol. The third kappa shape index (κ3) is 3.48. The number of hydrogen-bond acceptors (Lipinski definition) is 2. The van der Waals surface area contributed by atoms with Crippen molar-refractivity contribution < 1.29 is 0 Å². The normalized spacial score (nSPS) is 18.6. The number of nitrogens with one attached hydrogen (secondary N) is 1. The van der Waals surface area contributed by atoms with Gasteiger partial charge in [-0.15, -0.1) is 0 Å². The van der Waals surface area contributed by atoms with Gasteiger partial charge in [-0.05, 0) is 43.2 Å². The van der Waals surface area contributed by atoms with Crippen LogP contribution in [0.2, 0.25) is 5.02 Å². The summed E-state index contributed by atoms with van der Waals surface area (Å²) < 4.78 is 0. The van der Waals surface area contributed by atoms with Crippen LogP contribution in [0, 0.1) is 5.92 Å². The van der Waals surface area contributed by atoms with Gasteiger partial charge in [0.25, 0.3) is 0 Å². The van der Waals surface area contributed by atoms with Crippen molar-refractivity contribution >= 4 is 17.3 Å². The molecule has 2 nitrogen and oxygen atoms in total. The first-order valence-electron chi connectivity index (χ1n) is 7.92. The van der Waals surface area contributed by atoms with Gasteiger partial charge in [0, 0.05) is 25.2 Å². The Morgan fingerprint density at radius 3 is 2.60 bits per heavy atom. The molecule has 110 valence electrons. The van der Waals surface area contributed by atoms with E-state index in [-0.39, 0.29) is 0 Å². The highest BCUT2D eigenvalue weighted by Gasteiger charge is 2.35. The molecule has 1 aromatic rings. The molecule has 2 fully saturated rings. The molecule has 0 saturated heterocycles. The number of nitrogens with zero attached hydrogens (tertiary/aromatic N) is 1. The lowest BCUT2D eigenvalue weighted by molar-refractivity contribution is 0.586. The van der Waals surface area contributed by atoms with Crippen LogP contribution in [0.1, 0.15) is 45.1 Å². The lowest BCUT2D eigenvalue weighted by Gasteiger charge is -2.28. The molecule has 0 heterocycles. The van der Waals surface area contributed by atoms with E-state index in [1.807, 2.05) is 6.07 Å². The zero-order chi connectivity index (χ0) is 14.1. The van der Waals surface area contributed by atoms with Crippen LogP contribution >= 0.6 is 11.6 Å². The lowest BCUT2D eigenvalue weighted by atomic mass is 10.1. The second-order valence-electron chi connectivity index (χ2n) is 6.61. The molecule has 2 aliphatic rings. The maximum Gasteiger partial charge on any atom is 0.0643 e. The minimum Gasteiger partial charge on any atom is -0.367 e. The van der Waals surface area contributed by atoms with Crippen LogP contribution in [0.5, 0.6) is 0 Å². The highest BCUT2D eigenvalue weighted by Crippen LogP contribution is 2.41. The number of benzene rings is 1. The van der Waals surface area contributed by atoms with Crippen LogP contribution in [0.25, 0.3) is 0 Å². The van der Waals surface area contributed by atoms with Crippen LogP contribution in [0.3, 0.4) is 0 Å². The van der Waals surface area contributed by atoms with Gasteiger partial charge >= 0.3 is 0 Å². The second-order valence-corrected chi connectivity index (χ2v) is 7.02. The van der Waals surface area contributed by atoms with Crippen molar-refractivity contribution in [3.05, 3.63) is 28.8 Å². The first kappa shape index (κ1) is 14.2. The van der Waals surface area contributed by atoms with Gasteiger partial charge in [-0.2, -0.15) is 0 Å². The van der Waals surface area contributed by atoms with E-state index in [0.717, 1.165) is 23.5 Å². The molecular formula is C17H25ClN2. The van der Waals surface area contributed by atoms with Gasteiger partial charge in [0.05, 0.1) is 10.7 Å². The van der Waals surface area contributed by atoms with Gasteiger partial charge in [0.2, 0.25) is 0 Å². The second kappa shape index (κ2) is 5.95. The lowest BCUT2D eigenvalue weighted by Crippen LogP contribution is -2.31. The van der Waals surface area contributed by atoms with Gasteiger partial charge in [0.15, 0.2) is 0 Å². The van der Waals surface area contributed by atoms with Gasteiger partial charge in [-0.25, -0.2) is 0 Å². The van der Waals surface area contributed by atoms with E-state index in [2.05, 4.69) is 36.2 Å². The number of para-hydroxylation sites is 1. The molecule has 2 aliphatic carbocycles. The number of anilines is 1. The molecule has 0 amide bonds. The number of hydrogen-bond donors (Lipinski definition) is 1. The topological polar surface area (TPSA) is 15.3 Å². The van der Waals surface area contributed by atoms with Crippen molar-refractivity contribution in [1.29, 1.82) is 0 Å². The van der Waals surface area contributed by atoms with E-state index in [0.29, 0.717) is 6.04 Å². The fourth-order valence-corrected chi connectivity index (χ4v) is 3.03.